The van der Waals surface area contributed by atoms with Gasteiger partial charge in [0.15, 0.2) is 12.6 Å². The second-order valence-electron chi connectivity index (χ2n) is 19.7. The lowest BCUT2D eigenvalue weighted by atomic mass is 9.97. The van der Waals surface area contributed by atoms with Gasteiger partial charge in [-0.25, -0.2) is 0 Å². The highest BCUT2D eigenvalue weighted by Crippen LogP contribution is 2.30. The molecule has 404 valence electrons. The van der Waals surface area contributed by atoms with Crippen molar-refractivity contribution in [2.24, 2.45) is 0 Å². The molecule has 14 nitrogen and oxygen atoms in total. The van der Waals surface area contributed by atoms with Crippen molar-refractivity contribution in [1.82, 2.24) is 5.32 Å². The Morgan fingerprint density at radius 1 is 0.507 bits per heavy atom. The van der Waals surface area contributed by atoms with Crippen molar-refractivity contribution in [3.63, 3.8) is 0 Å². The normalized spacial score (nSPS) is 26.4. The summed E-state index contributed by atoms with van der Waals surface area (Å²) in [7, 11) is 0. The van der Waals surface area contributed by atoms with Gasteiger partial charge in [-0.15, -0.1) is 0 Å². The Labute approximate surface area is 417 Å². The zero-order chi connectivity index (χ0) is 50.3. The topological polar surface area (TPSA) is 228 Å². The van der Waals surface area contributed by atoms with Gasteiger partial charge in [-0.1, -0.05) is 198 Å². The highest BCUT2D eigenvalue weighted by Gasteiger charge is 2.51. The van der Waals surface area contributed by atoms with Crippen LogP contribution in [0.15, 0.2) is 36.5 Å². The summed E-state index contributed by atoms with van der Waals surface area (Å²) in [5.41, 5.74) is 0. The largest absolute Gasteiger partial charge is 0.394 e. The summed E-state index contributed by atoms with van der Waals surface area (Å²) in [4.78, 5) is 13.1. The van der Waals surface area contributed by atoms with Gasteiger partial charge >= 0.3 is 0 Å². The summed E-state index contributed by atoms with van der Waals surface area (Å²) in [5.74, 6) is -0.257. The Bertz CT molecular complexity index is 1300. The maximum absolute atomic E-state index is 13.1. The molecule has 1 amide bonds. The Hall–Kier alpha value is -1.79. The number of rotatable bonds is 43. The van der Waals surface area contributed by atoms with Gasteiger partial charge in [0.25, 0.3) is 0 Å². The highest BCUT2D eigenvalue weighted by atomic mass is 16.7. The van der Waals surface area contributed by atoms with Gasteiger partial charge in [-0.05, 0) is 44.9 Å². The molecule has 2 aliphatic heterocycles. The Kier molecular flexibility index (Phi) is 38.2. The molecular formula is C55H101NO13. The monoisotopic (exact) mass is 984 g/mol. The van der Waals surface area contributed by atoms with E-state index in [1.54, 1.807) is 6.08 Å². The van der Waals surface area contributed by atoms with Crippen LogP contribution in [0.4, 0.5) is 0 Å². The van der Waals surface area contributed by atoms with E-state index in [9.17, 15) is 45.6 Å². The summed E-state index contributed by atoms with van der Waals surface area (Å²) in [5, 5.41) is 86.7. The number of ether oxygens (including phenoxy) is 4. The van der Waals surface area contributed by atoms with Crippen molar-refractivity contribution in [3.05, 3.63) is 36.5 Å². The first kappa shape index (κ1) is 63.3. The molecule has 0 aromatic heterocycles. The second-order valence-corrected chi connectivity index (χ2v) is 19.7. The first-order chi connectivity index (χ1) is 33.6. The van der Waals surface area contributed by atoms with E-state index in [1.165, 1.54) is 135 Å². The van der Waals surface area contributed by atoms with E-state index in [0.29, 0.717) is 12.8 Å². The highest BCUT2D eigenvalue weighted by molar-refractivity contribution is 5.76. The van der Waals surface area contributed by atoms with Gasteiger partial charge in [0.05, 0.1) is 32.0 Å². The maximum atomic E-state index is 13.1. The van der Waals surface area contributed by atoms with Gasteiger partial charge < -0.3 is 65.1 Å². The molecule has 0 saturated carbocycles. The molecule has 0 bridgehead atoms. The molecular weight excluding hydrogens is 883 g/mol. The van der Waals surface area contributed by atoms with Crippen LogP contribution in [-0.4, -0.2) is 140 Å². The van der Waals surface area contributed by atoms with Crippen LogP contribution in [-0.2, 0) is 23.7 Å². The first-order valence-electron chi connectivity index (χ1n) is 27.7. The van der Waals surface area contributed by atoms with Gasteiger partial charge in [-0.3, -0.25) is 4.79 Å². The number of nitrogens with one attached hydrogen (secondary N) is 1. The van der Waals surface area contributed by atoms with Crippen molar-refractivity contribution in [2.75, 3.05) is 19.8 Å². The molecule has 14 heteroatoms. The number of carbonyl (C=O) groups excluding carboxylic acids is 1. The fourth-order valence-electron chi connectivity index (χ4n) is 9.03. The van der Waals surface area contributed by atoms with Crippen molar-refractivity contribution in [2.45, 2.75) is 286 Å². The third kappa shape index (κ3) is 28.3. The number of hydrogen-bond acceptors (Lipinski definition) is 13. The number of carbonyl (C=O) groups is 1. The number of unbranched alkanes of at least 4 members (excludes halogenated alkanes) is 26. The molecule has 0 radical (unpaired) electrons. The number of aliphatic hydroxyl groups excluding tert-OH is 8. The zero-order valence-electron chi connectivity index (χ0n) is 43.1. The Morgan fingerprint density at radius 3 is 1.42 bits per heavy atom. The molecule has 0 aliphatic carbocycles. The standard InChI is InChI=1S/C55H101NO13/c1-3-5-7-9-11-13-14-15-16-17-18-19-20-21-22-23-24-25-26-27-28-29-31-32-34-36-38-44(59)43(56-47(60)39-37-35-33-30-12-10-8-6-4-2)42-66-54-52(65)50(63)53(46(41-58)68-54)69-55-51(64)49(62)48(61)45(40-57)67-55/h25-26,29,31,36,38,43-46,48-55,57-59,61-65H,3-24,27-28,30,32-35,37,39-42H2,1-2H3,(H,56,60)/b26-25+,31-29+,38-36+. The zero-order valence-corrected chi connectivity index (χ0v) is 43.1. The predicted octanol–water partition coefficient (Wildman–Crippen LogP) is 8.27. The summed E-state index contributed by atoms with van der Waals surface area (Å²) < 4.78 is 22.7. The molecule has 0 spiro atoms. The van der Waals surface area contributed by atoms with E-state index >= 15 is 0 Å². The van der Waals surface area contributed by atoms with E-state index in [2.05, 4.69) is 43.5 Å². The lowest BCUT2D eigenvalue weighted by Gasteiger charge is -2.46. The molecule has 2 heterocycles. The fourth-order valence-corrected chi connectivity index (χ4v) is 9.03. The second kappa shape index (κ2) is 41.7. The number of allylic oxidation sites excluding steroid dienone is 5. The van der Waals surface area contributed by atoms with Crippen LogP contribution < -0.4 is 5.32 Å². The van der Waals surface area contributed by atoms with E-state index in [1.807, 2.05) is 6.08 Å². The predicted molar refractivity (Wildman–Crippen MR) is 272 cm³/mol. The summed E-state index contributed by atoms with van der Waals surface area (Å²) in [6, 6.07) is -0.933. The van der Waals surface area contributed by atoms with Crippen molar-refractivity contribution >= 4 is 5.91 Å². The Balaban J connectivity index is 1.76. The van der Waals surface area contributed by atoms with Gasteiger partial charge in [0.1, 0.15) is 48.8 Å². The third-order valence-corrected chi connectivity index (χ3v) is 13.6. The molecule has 0 aromatic rings. The van der Waals surface area contributed by atoms with Crippen LogP contribution in [0.5, 0.6) is 0 Å². The van der Waals surface area contributed by atoms with Crippen LogP contribution in [0.3, 0.4) is 0 Å². The number of amides is 1. The van der Waals surface area contributed by atoms with Crippen LogP contribution >= 0.6 is 0 Å². The van der Waals surface area contributed by atoms with Crippen molar-refractivity contribution in [3.8, 4) is 0 Å². The number of aliphatic hydroxyl groups is 8. The molecule has 69 heavy (non-hydrogen) atoms. The van der Waals surface area contributed by atoms with Crippen molar-refractivity contribution < 1.29 is 64.6 Å². The van der Waals surface area contributed by atoms with Gasteiger partial charge in [-0.2, -0.15) is 0 Å². The number of hydrogen-bond donors (Lipinski definition) is 9. The maximum Gasteiger partial charge on any atom is 0.220 e. The minimum absolute atomic E-state index is 0.257. The molecule has 9 N–H and O–H groups in total. The van der Waals surface area contributed by atoms with Crippen LogP contribution in [0.25, 0.3) is 0 Å². The van der Waals surface area contributed by atoms with Crippen LogP contribution in [0.2, 0.25) is 0 Å². The van der Waals surface area contributed by atoms with Crippen molar-refractivity contribution in [1.29, 1.82) is 0 Å². The van der Waals surface area contributed by atoms with Gasteiger partial charge in [0.2, 0.25) is 5.91 Å². The molecule has 2 aliphatic rings. The average Bonchev–Trinajstić information content (AvgIpc) is 3.35. The first-order valence-corrected chi connectivity index (χ1v) is 27.7. The molecule has 12 unspecified atom stereocenters. The molecule has 0 aromatic carbocycles. The summed E-state index contributed by atoms with van der Waals surface area (Å²) >= 11 is 0. The van der Waals surface area contributed by atoms with E-state index in [0.717, 1.165) is 44.9 Å². The van der Waals surface area contributed by atoms with Crippen LogP contribution in [0, 0.1) is 0 Å². The molecule has 2 saturated heterocycles. The lowest BCUT2D eigenvalue weighted by Crippen LogP contribution is -2.65. The van der Waals surface area contributed by atoms with E-state index in [-0.39, 0.29) is 18.9 Å². The van der Waals surface area contributed by atoms with Gasteiger partial charge in [0, 0.05) is 6.42 Å². The summed E-state index contributed by atoms with van der Waals surface area (Å²) in [6.07, 6.45) is 32.2. The summed E-state index contributed by atoms with van der Waals surface area (Å²) in [6.45, 7) is 2.74. The molecule has 2 rings (SSSR count). The lowest BCUT2D eigenvalue weighted by molar-refractivity contribution is -0.359. The quantitative estimate of drug-likeness (QED) is 0.0207. The van der Waals surface area contributed by atoms with E-state index < -0.39 is 86.8 Å². The van der Waals surface area contributed by atoms with Crippen LogP contribution in [0.1, 0.15) is 213 Å². The minimum Gasteiger partial charge on any atom is -0.394 e. The Morgan fingerprint density at radius 2 is 0.928 bits per heavy atom. The smallest absolute Gasteiger partial charge is 0.220 e. The van der Waals surface area contributed by atoms with E-state index in [4.69, 9.17) is 18.9 Å². The fraction of sp³-hybridized carbons (Fsp3) is 0.873. The minimum atomic E-state index is -1.79. The molecule has 2 fully saturated rings. The SMILES string of the molecule is CCCCCCCCCCCCCCCCCC/C=C/CC/C=C/CC/C=C/C(O)C(COC1OC(CO)C(OC2OC(CO)C(O)C(O)C2O)C(O)C1O)NC(=O)CCCCCCCCCCC. The average molecular weight is 984 g/mol. The third-order valence-electron chi connectivity index (χ3n) is 13.6. The molecule has 12 atom stereocenters.